The lowest BCUT2D eigenvalue weighted by molar-refractivity contribution is 1.18. The first-order chi connectivity index (χ1) is 10.7. The number of rotatable bonds is 1. The Morgan fingerprint density at radius 3 is 1.59 bits per heavy atom. The van der Waals surface area contributed by atoms with Crippen LogP contribution in [-0.4, -0.2) is 19.9 Å². The molecule has 0 fully saturated rings. The third-order valence-electron chi connectivity index (χ3n) is 3.85. The first-order valence-electron chi connectivity index (χ1n) is 7.17. The molecule has 4 aromatic heterocycles. The molecule has 106 valence electrons. The van der Waals surface area contributed by atoms with Gasteiger partial charge in [0.1, 0.15) is 0 Å². The molecule has 4 heteroatoms. The minimum atomic E-state index is 0.775. The molecule has 0 amide bonds. The fraction of sp³-hybridized carbons (Fsp3) is 0.111. The molecule has 0 unspecified atom stereocenters. The summed E-state index contributed by atoms with van der Waals surface area (Å²) >= 11 is 0. The van der Waals surface area contributed by atoms with E-state index in [1.54, 1.807) is 12.4 Å². The van der Waals surface area contributed by atoms with Gasteiger partial charge in [0.2, 0.25) is 0 Å². The van der Waals surface area contributed by atoms with E-state index in [9.17, 15) is 0 Å². The van der Waals surface area contributed by atoms with E-state index in [0.29, 0.717) is 0 Å². The van der Waals surface area contributed by atoms with Crippen LogP contribution in [0.5, 0.6) is 0 Å². The summed E-state index contributed by atoms with van der Waals surface area (Å²) in [7, 11) is 0. The average molecular weight is 286 g/mol. The quantitative estimate of drug-likeness (QED) is 0.533. The molecule has 4 rings (SSSR count). The highest BCUT2D eigenvalue weighted by atomic mass is 14.9. The van der Waals surface area contributed by atoms with E-state index >= 15 is 0 Å². The van der Waals surface area contributed by atoms with Crippen molar-refractivity contribution in [3.05, 3.63) is 60.2 Å². The molecule has 0 N–H and O–H groups in total. The van der Waals surface area contributed by atoms with Crippen molar-refractivity contribution in [2.75, 3.05) is 0 Å². The summed E-state index contributed by atoms with van der Waals surface area (Å²) in [6.45, 7) is 4.02. The Morgan fingerprint density at radius 2 is 1.14 bits per heavy atom. The van der Waals surface area contributed by atoms with Crippen LogP contribution in [-0.2, 0) is 0 Å². The summed E-state index contributed by atoms with van der Waals surface area (Å²) < 4.78 is 0. The predicted octanol–water partition coefficient (Wildman–Crippen LogP) is 3.86. The zero-order chi connectivity index (χ0) is 15.1. The van der Waals surface area contributed by atoms with Gasteiger partial charge in [0.25, 0.3) is 0 Å². The zero-order valence-electron chi connectivity index (χ0n) is 12.4. The topological polar surface area (TPSA) is 51.6 Å². The molecular formula is C18H14N4. The number of aryl methyl sites for hydroxylation is 2. The minimum absolute atomic E-state index is 0.775. The predicted molar refractivity (Wildman–Crippen MR) is 87.5 cm³/mol. The number of hydrogen-bond acceptors (Lipinski definition) is 4. The Kier molecular flexibility index (Phi) is 2.82. The molecule has 0 atom stereocenters. The molecule has 0 bridgehead atoms. The van der Waals surface area contributed by atoms with Crippen LogP contribution < -0.4 is 0 Å². The normalized spacial score (nSPS) is 11.2. The van der Waals surface area contributed by atoms with E-state index in [1.807, 2.05) is 38.1 Å². The number of pyridine rings is 4. The molecule has 4 nitrogen and oxygen atoms in total. The van der Waals surface area contributed by atoms with Crippen LogP contribution in [0.3, 0.4) is 0 Å². The van der Waals surface area contributed by atoms with Gasteiger partial charge in [0.15, 0.2) is 11.3 Å². The summed E-state index contributed by atoms with van der Waals surface area (Å²) in [4.78, 5) is 17.9. The third kappa shape index (κ3) is 2.00. The second kappa shape index (κ2) is 4.84. The molecule has 4 aromatic rings. The summed E-state index contributed by atoms with van der Waals surface area (Å²) in [6.07, 6.45) is 3.53. The molecule has 0 aromatic carbocycles. The molecule has 0 radical (unpaired) electrons. The van der Waals surface area contributed by atoms with Gasteiger partial charge < -0.3 is 0 Å². The highest BCUT2D eigenvalue weighted by Crippen LogP contribution is 2.29. The van der Waals surface area contributed by atoms with Crippen LogP contribution >= 0.6 is 0 Å². The third-order valence-corrected chi connectivity index (χ3v) is 3.85. The van der Waals surface area contributed by atoms with Gasteiger partial charge in [-0.15, -0.1) is 0 Å². The van der Waals surface area contributed by atoms with Crippen molar-refractivity contribution < 1.29 is 0 Å². The Bertz CT molecular complexity index is 925. The molecular weight excluding hydrogens is 272 g/mol. The van der Waals surface area contributed by atoms with E-state index in [1.165, 1.54) is 0 Å². The van der Waals surface area contributed by atoms with E-state index < -0.39 is 0 Å². The van der Waals surface area contributed by atoms with Crippen molar-refractivity contribution in [1.29, 1.82) is 0 Å². The molecule has 0 aliphatic rings. The first kappa shape index (κ1) is 12.8. The second-order valence-electron chi connectivity index (χ2n) is 5.34. The van der Waals surface area contributed by atoms with Crippen LogP contribution in [0, 0.1) is 13.8 Å². The van der Waals surface area contributed by atoms with Crippen molar-refractivity contribution in [3.8, 4) is 11.1 Å². The molecule has 0 saturated heterocycles. The van der Waals surface area contributed by atoms with Crippen molar-refractivity contribution in [1.82, 2.24) is 19.9 Å². The Balaban J connectivity index is 2.02. The lowest BCUT2D eigenvalue weighted by Gasteiger charge is -2.10. The molecule has 0 aliphatic heterocycles. The highest BCUT2D eigenvalue weighted by molar-refractivity contribution is 5.87. The Hall–Kier alpha value is -2.88. The number of aromatic nitrogens is 4. The second-order valence-corrected chi connectivity index (χ2v) is 5.34. The fourth-order valence-corrected chi connectivity index (χ4v) is 2.73. The standard InChI is InChI=1S/C18H14N4/c1-11-15(9-13-5-3-7-19-17(13)21-11)16-10-14-6-4-8-20-18(14)22-12(16)2/h3-10H,1-2H3. The summed E-state index contributed by atoms with van der Waals surface area (Å²) in [5.41, 5.74) is 5.65. The average Bonchev–Trinajstić information content (AvgIpc) is 2.54. The van der Waals surface area contributed by atoms with Gasteiger partial charge in [0, 0.05) is 45.7 Å². The first-order valence-corrected chi connectivity index (χ1v) is 7.17. The largest absolute Gasteiger partial charge is 0.237 e. The van der Waals surface area contributed by atoms with E-state index in [-0.39, 0.29) is 0 Å². The number of nitrogens with zero attached hydrogens (tertiary/aromatic N) is 4. The van der Waals surface area contributed by atoms with Crippen LogP contribution in [0.4, 0.5) is 0 Å². The van der Waals surface area contributed by atoms with Gasteiger partial charge in [-0.05, 0) is 50.2 Å². The SMILES string of the molecule is Cc1nc2ncccc2cc1-c1cc2cccnc2nc1C. The van der Waals surface area contributed by atoms with E-state index in [2.05, 4.69) is 32.1 Å². The van der Waals surface area contributed by atoms with E-state index in [0.717, 1.165) is 44.6 Å². The van der Waals surface area contributed by atoms with Gasteiger partial charge in [-0.3, -0.25) is 0 Å². The maximum Gasteiger partial charge on any atom is 0.159 e. The summed E-state index contributed by atoms with van der Waals surface area (Å²) in [6, 6.07) is 12.2. The van der Waals surface area contributed by atoms with Gasteiger partial charge >= 0.3 is 0 Å². The van der Waals surface area contributed by atoms with Crippen LogP contribution in [0.25, 0.3) is 33.2 Å². The van der Waals surface area contributed by atoms with Gasteiger partial charge in [-0.2, -0.15) is 0 Å². The molecule has 4 heterocycles. The summed E-state index contributed by atoms with van der Waals surface area (Å²) in [5, 5.41) is 2.07. The van der Waals surface area contributed by atoms with Crippen LogP contribution in [0.1, 0.15) is 11.4 Å². The number of hydrogen-bond donors (Lipinski definition) is 0. The van der Waals surface area contributed by atoms with E-state index in [4.69, 9.17) is 0 Å². The van der Waals surface area contributed by atoms with Gasteiger partial charge in [-0.25, -0.2) is 19.9 Å². The van der Waals surface area contributed by atoms with Crippen LogP contribution in [0.2, 0.25) is 0 Å². The lowest BCUT2D eigenvalue weighted by Crippen LogP contribution is -1.96. The maximum absolute atomic E-state index is 4.62. The van der Waals surface area contributed by atoms with Crippen molar-refractivity contribution >= 4 is 22.1 Å². The van der Waals surface area contributed by atoms with Crippen molar-refractivity contribution in [2.24, 2.45) is 0 Å². The molecule has 0 aliphatic carbocycles. The zero-order valence-corrected chi connectivity index (χ0v) is 12.4. The maximum atomic E-state index is 4.62. The fourth-order valence-electron chi connectivity index (χ4n) is 2.73. The Labute approximate surface area is 127 Å². The van der Waals surface area contributed by atoms with Gasteiger partial charge in [-0.1, -0.05) is 0 Å². The summed E-state index contributed by atoms with van der Waals surface area (Å²) in [5.74, 6) is 0. The van der Waals surface area contributed by atoms with Gasteiger partial charge in [0.05, 0.1) is 0 Å². The molecule has 22 heavy (non-hydrogen) atoms. The smallest absolute Gasteiger partial charge is 0.159 e. The van der Waals surface area contributed by atoms with Crippen molar-refractivity contribution in [2.45, 2.75) is 13.8 Å². The molecule has 0 saturated carbocycles. The Morgan fingerprint density at radius 1 is 0.682 bits per heavy atom. The molecule has 0 spiro atoms. The highest BCUT2D eigenvalue weighted by Gasteiger charge is 2.11. The number of fused-ring (bicyclic) bond motifs is 2. The van der Waals surface area contributed by atoms with Crippen LogP contribution in [0.15, 0.2) is 48.8 Å². The van der Waals surface area contributed by atoms with Crippen molar-refractivity contribution in [3.63, 3.8) is 0 Å². The lowest BCUT2D eigenvalue weighted by atomic mass is 10.0. The monoisotopic (exact) mass is 286 g/mol. The minimum Gasteiger partial charge on any atom is -0.237 e.